The van der Waals surface area contributed by atoms with Crippen molar-refractivity contribution in [2.24, 2.45) is 0 Å². The van der Waals surface area contributed by atoms with Gasteiger partial charge in [0.2, 0.25) is 11.9 Å². The molecule has 4 aromatic heterocycles. The molecule has 0 aliphatic carbocycles. The quantitative estimate of drug-likeness (QED) is 0.0529. The second kappa shape index (κ2) is 25.4. The van der Waals surface area contributed by atoms with Crippen LogP contribution in [-0.2, 0) is 0 Å². The van der Waals surface area contributed by atoms with Gasteiger partial charge in [-0.3, -0.25) is 19.6 Å². The molecule has 4 heterocycles. The van der Waals surface area contributed by atoms with Crippen molar-refractivity contribution in [2.45, 2.75) is 21.3 Å². The van der Waals surface area contributed by atoms with Crippen molar-refractivity contribution in [3.8, 4) is 0 Å². The molecule has 0 saturated carbocycles. The molecule has 0 radical (unpaired) electrons. The van der Waals surface area contributed by atoms with Gasteiger partial charge in [0.25, 0.3) is 11.8 Å². The Bertz CT molecular complexity index is 3630. The number of nitrogen functional groups attached to an aromatic ring is 3. The summed E-state index contributed by atoms with van der Waals surface area (Å²) in [7, 11) is 8.02. The Labute approximate surface area is 458 Å². The number of halogens is 1. The molecule has 0 unspecified atom stereocenters. The second-order valence-corrected chi connectivity index (χ2v) is 18.4. The Balaban J connectivity index is 0.000000188. The van der Waals surface area contributed by atoms with Gasteiger partial charge in [-0.05, 0) is 159 Å². The second-order valence-electron chi connectivity index (χ2n) is 18.0. The number of carbonyl (C=O) groups excluding carboxylic acids is 2. The largest absolute Gasteiger partial charge is 0.399 e. The smallest absolute Gasteiger partial charge is 0.255 e. The third-order valence-electron chi connectivity index (χ3n) is 11.6. The number of hydrogen-bond acceptors (Lipinski definition) is 16. The number of aromatic nitrogens is 6. The van der Waals surface area contributed by atoms with Gasteiger partial charge in [-0.2, -0.15) is 9.97 Å². The van der Waals surface area contributed by atoms with Crippen LogP contribution < -0.4 is 53.6 Å². The molecule has 10 aromatic rings. The zero-order chi connectivity index (χ0) is 54.6. The van der Waals surface area contributed by atoms with E-state index in [-0.39, 0.29) is 31.1 Å². The van der Waals surface area contributed by atoms with Crippen LogP contribution >= 0.6 is 11.6 Å². The Kier molecular flexibility index (Phi) is 18.2. The van der Waals surface area contributed by atoms with Gasteiger partial charge < -0.3 is 53.6 Å². The summed E-state index contributed by atoms with van der Waals surface area (Å²) in [6.45, 7) is 3.70. The molecule has 0 bridgehead atoms. The number of carbonyl (C=O) groups is 2. The first kappa shape index (κ1) is 55.7. The molecule has 0 spiro atoms. The number of fused-ring (bicyclic) bond motifs is 2. The molecule has 396 valence electrons. The topological polar surface area (TPSA) is 256 Å². The molecule has 0 aliphatic rings. The monoisotopic (exact) mass is 1060 g/mol. The van der Waals surface area contributed by atoms with E-state index < -0.39 is 0 Å². The first-order valence-corrected chi connectivity index (χ1v) is 24.5. The molecule has 0 saturated heterocycles. The van der Waals surface area contributed by atoms with Crippen molar-refractivity contribution >= 4 is 120 Å². The molecule has 0 aliphatic heterocycles. The third-order valence-corrected chi connectivity index (χ3v) is 11.9. The Hall–Kier alpha value is -10.1. The van der Waals surface area contributed by atoms with Gasteiger partial charge in [0.05, 0.1) is 16.1 Å². The minimum atomic E-state index is -0.195. The van der Waals surface area contributed by atoms with Crippen molar-refractivity contribution in [1.82, 2.24) is 29.9 Å². The van der Waals surface area contributed by atoms with Crippen molar-refractivity contribution < 1.29 is 9.59 Å². The van der Waals surface area contributed by atoms with Crippen LogP contribution in [0.1, 0.15) is 39.5 Å². The highest BCUT2D eigenvalue weighted by Crippen LogP contribution is 2.29. The SMILES string of the molecule is C.CN(C)c1ccc2c(Cl)ccnc2c1.Cc1cc(Nc2ccc(NC(=O)c3ccc(N)cc3)cc2)nc(N)n1.Cc1cc(Nc2ccc(NC(=O)c3ccc(Nc4ccnc5cc(N(C)C)ccc45)cc3)cc2)nc(N)n1. The van der Waals surface area contributed by atoms with Gasteiger partial charge in [-0.25, -0.2) is 9.97 Å². The molecule has 10 rings (SSSR count). The maximum atomic E-state index is 12.8. The van der Waals surface area contributed by atoms with Gasteiger partial charge >= 0.3 is 0 Å². The summed E-state index contributed by atoms with van der Waals surface area (Å²) in [5.41, 5.74) is 29.2. The van der Waals surface area contributed by atoms with Crippen molar-refractivity contribution in [3.05, 3.63) is 198 Å². The molecule has 2 amide bonds. The van der Waals surface area contributed by atoms with E-state index in [1.807, 2.05) is 131 Å². The lowest BCUT2D eigenvalue weighted by Crippen LogP contribution is -2.11. The third kappa shape index (κ3) is 15.0. The standard InChI is InChI=1S/C29H28N8O.C18H18N6O.C11H11ClN2.CH4/c1-18-16-27(36-29(30)32-18)34-21-8-10-22(11-9-21)35-28(38)19-4-6-20(7-5-19)33-25-14-15-31-26-17-23(37(2)3)12-13-24(25)26;1-11-10-16(24-18(20)21-11)22-14-6-8-15(9-7-14)23-17(25)12-2-4-13(19)5-3-12;1-14(2)8-3-4-9-10(12)5-6-13-11(9)7-8;/h4-17H,1-3H3,(H,31,33)(H,35,38)(H3,30,32,34,36);2-10H,19H2,1H3,(H,23,25)(H3,20,21,22,24);3-7H,1-2H3;1H4. The number of nitrogens with one attached hydrogen (secondary N) is 5. The van der Waals surface area contributed by atoms with Crippen LogP contribution in [0.15, 0.2) is 170 Å². The summed E-state index contributed by atoms with van der Waals surface area (Å²) in [5.74, 6) is 1.27. The van der Waals surface area contributed by atoms with E-state index in [9.17, 15) is 9.59 Å². The van der Waals surface area contributed by atoms with Crippen LogP contribution in [0, 0.1) is 13.8 Å². The highest BCUT2D eigenvalue weighted by atomic mass is 35.5. The molecule has 0 atom stereocenters. The first-order valence-electron chi connectivity index (χ1n) is 24.1. The number of nitrogens with zero attached hydrogens (tertiary/aromatic N) is 8. The van der Waals surface area contributed by atoms with Crippen molar-refractivity contribution in [2.75, 3.05) is 81.8 Å². The average Bonchev–Trinajstić information content (AvgIpc) is 3.41. The van der Waals surface area contributed by atoms with Gasteiger partial charge in [0.15, 0.2) is 0 Å². The number of nitrogens with two attached hydrogens (primary N) is 3. The fourth-order valence-electron chi connectivity index (χ4n) is 7.69. The average molecular weight is 1060 g/mol. The van der Waals surface area contributed by atoms with Crippen LogP contribution in [0.25, 0.3) is 21.8 Å². The van der Waals surface area contributed by atoms with E-state index in [0.717, 1.165) is 72.3 Å². The van der Waals surface area contributed by atoms with Crippen molar-refractivity contribution in [3.63, 3.8) is 0 Å². The number of hydrogen-bond donors (Lipinski definition) is 8. The van der Waals surface area contributed by atoms with Gasteiger partial charge in [-0.15, -0.1) is 0 Å². The van der Waals surface area contributed by atoms with Gasteiger partial charge in [0.1, 0.15) is 11.6 Å². The summed E-state index contributed by atoms with van der Waals surface area (Å²) in [5, 5.41) is 18.3. The number of rotatable bonds is 12. The lowest BCUT2D eigenvalue weighted by Gasteiger charge is -2.14. The molecule has 6 aromatic carbocycles. The number of aryl methyl sites for hydroxylation is 2. The molecular weight excluding hydrogens is 1000 g/mol. The lowest BCUT2D eigenvalue weighted by atomic mass is 10.1. The predicted molar refractivity (Wildman–Crippen MR) is 322 cm³/mol. The summed E-state index contributed by atoms with van der Waals surface area (Å²) in [6.07, 6.45) is 3.51. The number of anilines is 13. The lowest BCUT2D eigenvalue weighted by molar-refractivity contribution is 0.101. The summed E-state index contributed by atoms with van der Waals surface area (Å²) in [6, 6.07) is 48.4. The van der Waals surface area contributed by atoms with Gasteiger partial charge in [-0.1, -0.05) is 19.0 Å². The fraction of sp³-hybridized carbons (Fsp3) is 0.119. The molecule has 19 heteroatoms. The van der Waals surface area contributed by atoms with E-state index >= 15 is 0 Å². The highest BCUT2D eigenvalue weighted by molar-refractivity contribution is 6.35. The van der Waals surface area contributed by atoms with E-state index in [1.54, 1.807) is 73.1 Å². The zero-order valence-electron chi connectivity index (χ0n) is 43.2. The molecule has 78 heavy (non-hydrogen) atoms. The fourth-order valence-corrected chi connectivity index (χ4v) is 7.90. The Morgan fingerprint density at radius 1 is 0.462 bits per heavy atom. The minimum absolute atomic E-state index is 0. The Morgan fingerprint density at radius 3 is 1.32 bits per heavy atom. The van der Waals surface area contributed by atoms with E-state index in [0.29, 0.717) is 39.8 Å². The Morgan fingerprint density at radius 2 is 0.859 bits per heavy atom. The normalized spacial score (nSPS) is 10.4. The van der Waals surface area contributed by atoms with E-state index in [2.05, 4.69) is 74.7 Å². The summed E-state index contributed by atoms with van der Waals surface area (Å²) in [4.78, 5) is 54.2. The molecular formula is C59H61ClN16O2. The van der Waals surface area contributed by atoms with Gasteiger partial charge in [0, 0.05) is 137 Å². The number of benzene rings is 6. The van der Waals surface area contributed by atoms with Crippen LogP contribution in [0.2, 0.25) is 5.02 Å². The first-order chi connectivity index (χ1) is 37.0. The van der Waals surface area contributed by atoms with Crippen LogP contribution in [0.3, 0.4) is 0 Å². The number of amides is 2. The zero-order valence-corrected chi connectivity index (χ0v) is 43.9. The molecule has 18 nitrogen and oxygen atoms in total. The van der Waals surface area contributed by atoms with Crippen molar-refractivity contribution in [1.29, 1.82) is 0 Å². The molecule has 11 N–H and O–H groups in total. The minimum Gasteiger partial charge on any atom is -0.399 e. The van der Waals surface area contributed by atoms with Crippen LogP contribution in [0.5, 0.6) is 0 Å². The van der Waals surface area contributed by atoms with E-state index in [1.165, 1.54) is 0 Å². The number of pyridine rings is 2. The van der Waals surface area contributed by atoms with Crippen LogP contribution in [0.4, 0.5) is 74.7 Å². The summed E-state index contributed by atoms with van der Waals surface area (Å²) >= 11 is 6.04. The van der Waals surface area contributed by atoms with Crippen LogP contribution in [-0.4, -0.2) is 69.9 Å². The highest BCUT2D eigenvalue weighted by Gasteiger charge is 2.11. The molecule has 0 fully saturated rings. The maximum absolute atomic E-state index is 12.8. The summed E-state index contributed by atoms with van der Waals surface area (Å²) < 4.78 is 0. The predicted octanol–water partition coefficient (Wildman–Crippen LogP) is 12.3. The maximum Gasteiger partial charge on any atom is 0.255 e. The van der Waals surface area contributed by atoms with E-state index in [4.69, 9.17) is 28.8 Å².